The number of pyridine rings is 1. The summed E-state index contributed by atoms with van der Waals surface area (Å²) in [6.45, 7) is 1.08. The SMILES string of the molecule is O=C(c1ccc(C[C@@H]2CC[C@H]([C@H](O)c3ccccc3)N2)cc1)N1CCC(n2c(=O)[nH]c3nc(F)ccc32)CC1. The van der Waals surface area contributed by atoms with E-state index in [1.165, 1.54) is 6.07 Å². The number of nitrogens with zero attached hydrogens (tertiary/aromatic N) is 3. The maximum Gasteiger partial charge on any atom is 0.327 e. The van der Waals surface area contributed by atoms with Crippen molar-refractivity contribution in [2.24, 2.45) is 0 Å². The van der Waals surface area contributed by atoms with E-state index >= 15 is 0 Å². The predicted octanol–water partition coefficient (Wildman–Crippen LogP) is 3.74. The molecule has 0 radical (unpaired) electrons. The molecule has 202 valence electrons. The summed E-state index contributed by atoms with van der Waals surface area (Å²) in [4.78, 5) is 33.9. The first-order valence-corrected chi connectivity index (χ1v) is 13.6. The number of rotatable bonds is 6. The van der Waals surface area contributed by atoms with Gasteiger partial charge in [0.2, 0.25) is 5.95 Å². The molecule has 0 spiro atoms. The van der Waals surface area contributed by atoms with Crippen LogP contribution in [-0.4, -0.2) is 55.6 Å². The van der Waals surface area contributed by atoms with E-state index < -0.39 is 12.1 Å². The molecule has 0 unspecified atom stereocenters. The van der Waals surface area contributed by atoms with Crippen LogP contribution >= 0.6 is 0 Å². The molecule has 3 atom stereocenters. The van der Waals surface area contributed by atoms with Crippen molar-refractivity contribution in [1.82, 2.24) is 24.8 Å². The minimum Gasteiger partial charge on any atom is -0.387 e. The molecule has 3 N–H and O–H groups in total. The van der Waals surface area contributed by atoms with Gasteiger partial charge in [0.1, 0.15) is 0 Å². The average molecular weight is 530 g/mol. The van der Waals surface area contributed by atoms with Gasteiger partial charge in [-0.15, -0.1) is 0 Å². The molecule has 1 amide bonds. The number of aromatic amines is 1. The van der Waals surface area contributed by atoms with Gasteiger partial charge in [-0.2, -0.15) is 9.37 Å². The Morgan fingerprint density at radius 1 is 1.00 bits per heavy atom. The summed E-state index contributed by atoms with van der Waals surface area (Å²) >= 11 is 0. The van der Waals surface area contributed by atoms with E-state index in [1.54, 1.807) is 10.6 Å². The number of fused-ring (bicyclic) bond motifs is 1. The number of hydrogen-bond donors (Lipinski definition) is 3. The number of benzene rings is 2. The third-order valence-corrected chi connectivity index (χ3v) is 8.14. The number of nitrogens with one attached hydrogen (secondary N) is 2. The van der Waals surface area contributed by atoms with Crippen LogP contribution in [0.3, 0.4) is 0 Å². The number of aliphatic hydroxyl groups is 1. The van der Waals surface area contributed by atoms with Gasteiger partial charge in [0.05, 0.1) is 11.6 Å². The summed E-state index contributed by atoms with van der Waals surface area (Å²) in [5.74, 6) is -0.645. The van der Waals surface area contributed by atoms with Crippen molar-refractivity contribution in [3.05, 3.63) is 99.9 Å². The van der Waals surface area contributed by atoms with Crippen molar-refractivity contribution in [2.75, 3.05) is 13.1 Å². The number of carbonyl (C=O) groups is 1. The Kier molecular flexibility index (Phi) is 7.01. The van der Waals surface area contributed by atoms with E-state index in [0.29, 0.717) is 37.0 Å². The number of aromatic nitrogens is 3. The molecule has 2 aliphatic heterocycles. The fourth-order valence-electron chi connectivity index (χ4n) is 6.07. The fraction of sp³-hybridized carbons (Fsp3) is 0.367. The molecule has 2 aromatic carbocycles. The summed E-state index contributed by atoms with van der Waals surface area (Å²) in [5, 5.41) is 14.3. The van der Waals surface area contributed by atoms with E-state index in [9.17, 15) is 19.1 Å². The molecule has 0 saturated carbocycles. The average Bonchev–Trinajstić information content (AvgIpc) is 3.56. The van der Waals surface area contributed by atoms with Crippen LogP contribution in [0.5, 0.6) is 0 Å². The van der Waals surface area contributed by atoms with Gasteiger partial charge < -0.3 is 15.3 Å². The number of halogens is 1. The molecule has 9 heteroatoms. The van der Waals surface area contributed by atoms with Crippen molar-refractivity contribution < 1.29 is 14.3 Å². The number of hydrogen-bond acceptors (Lipinski definition) is 5. The number of imidazole rings is 1. The molecule has 0 aliphatic carbocycles. The number of likely N-dealkylation sites (tertiary alicyclic amines) is 1. The summed E-state index contributed by atoms with van der Waals surface area (Å²) < 4.78 is 15.1. The van der Waals surface area contributed by atoms with Gasteiger partial charge in [-0.05, 0) is 67.5 Å². The van der Waals surface area contributed by atoms with Crippen molar-refractivity contribution in [1.29, 1.82) is 0 Å². The molecular weight excluding hydrogens is 497 g/mol. The first kappa shape index (κ1) is 25.5. The molecule has 2 aliphatic rings. The molecule has 0 bridgehead atoms. The van der Waals surface area contributed by atoms with Crippen LogP contribution in [0.15, 0.2) is 71.5 Å². The summed E-state index contributed by atoms with van der Waals surface area (Å²) in [6.07, 6.45) is 3.51. The molecule has 39 heavy (non-hydrogen) atoms. The summed E-state index contributed by atoms with van der Waals surface area (Å²) in [6, 6.07) is 20.6. The highest BCUT2D eigenvalue weighted by Crippen LogP contribution is 2.28. The van der Waals surface area contributed by atoms with Gasteiger partial charge in [-0.3, -0.25) is 14.3 Å². The Labute approximate surface area is 225 Å². The second kappa shape index (κ2) is 10.7. The van der Waals surface area contributed by atoms with Gasteiger partial charge in [-0.25, -0.2) is 4.79 Å². The third-order valence-electron chi connectivity index (χ3n) is 8.14. The number of aliphatic hydroxyl groups excluding tert-OH is 1. The zero-order valence-corrected chi connectivity index (χ0v) is 21.6. The van der Waals surface area contributed by atoms with Crippen LogP contribution in [0.1, 0.15) is 59.3 Å². The molecule has 4 heterocycles. The topological polar surface area (TPSA) is 103 Å². The lowest BCUT2D eigenvalue weighted by molar-refractivity contribution is 0.0695. The number of piperidine rings is 1. The van der Waals surface area contributed by atoms with Crippen LogP contribution in [0.25, 0.3) is 11.2 Å². The Bertz CT molecular complexity index is 1510. The first-order valence-electron chi connectivity index (χ1n) is 13.6. The highest BCUT2D eigenvalue weighted by atomic mass is 19.1. The van der Waals surface area contributed by atoms with E-state index in [4.69, 9.17) is 0 Å². The largest absolute Gasteiger partial charge is 0.387 e. The lowest BCUT2D eigenvalue weighted by atomic mass is 10.00. The monoisotopic (exact) mass is 529 g/mol. The Balaban J connectivity index is 1.03. The standard InChI is InChI=1S/C30H32FN5O3/c31-26-13-12-25-28(33-26)34-30(39)36(25)23-14-16-35(17-15-23)29(38)21-8-6-19(7-9-21)18-22-10-11-24(32-22)27(37)20-4-2-1-3-5-20/h1-9,12-13,22-24,27,32,37H,10-11,14-18H2,(H,33,34,39)/t22-,24+,27+/m0/s1. The number of amides is 1. The second-order valence-corrected chi connectivity index (χ2v) is 10.6. The maximum atomic E-state index is 13.5. The molecule has 2 saturated heterocycles. The molecule has 8 nitrogen and oxygen atoms in total. The number of carbonyl (C=O) groups excluding carboxylic acids is 1. The fourth-order valence-corrected chi connectivity index (χ4v) is 6.07. The molecular formula is C30H32FN5O3. The van der Waals surface area contributed by atoms with Crippen molar-refractivity contribution >= 4 is 17.1 Å². The predicted molar refractivity (Wildman–Crippen MR) is 146 cm³/mol. The minimum absolute atomic E-state index is 0.0138. The quantitative estimate of drug-likeness (QED) is 0.330. The Morgan fingerprint density at radius 2 is 1.74 bits per heavy atom. The van der Waals surface area contributed by atoms with Gasteiger partial charge in [0, 0.05) is 36.8 Å². The molecule has 6 rings (SSSR count). The Morgan fingerprint density at radius 3 is 2.49 bits per heavy atom. The lowest BCUT2D eigenvalue weighted by Crippen LogP contribution is -2.40. The first-order chi connectivity index (χ1) is 19.0. The molecule has 2 aromatic heterocycles. The summed E-state index contributed by atoms with van der Waals surface area (Å²) in [5.41, 5.74) is 3.26. The second-order valence-electron chi connectivity index (χ2n) is 10.6. The number of H-pyrrole nitrogens is 1. The molecule has 4 aromatic rings. The van der Waals surface area contributed by atoms with E-state index in [2.05, 4.69) is 15.3 Å². The zero-order valence-electron chi connectivity index (χ0n) is 21.6. The maximum absolute atomic E-state index is 13.5. The van der Waals surface area contributed by atoms with Crippen LogP contribution in [-0.2, 0) is 6.42 Å². The van der Waals surface area contributed by atoms with Gasteiger partial charge in [-0.1, -0.05) is 42.5 Å². The smallest absolute Gasteiger partial charge is 0.327 e. The van der Waals surface area contributed by atoms with Crippen molar-refractivity contribution in [3.8, 4) is 0 Å². The minimum atomic E-state index is -0.632. The lowest BCUT2D eigenvalue weighted by Gasteiger charge is -2.32. The normalized spacial score (nSPS) is 20.9. The van der Waals surface area contributed by atoms with Gasteiger partial charge in [0.15, 0.2) is 5.65 Å². The van der Waals surface area contributed by atoms with Crippen molar-refractivity contribution in [3.63, 3.8) is 0 Å². The van der Waals surface area contributed by atoms with Gasteiger partial charge in [0.25, 0.3) is 5.91 Å². The van der Waals surface area contributed by atoms with Crippen LogP contribution in [0.4, 0.5) is 4.39 Å². The van der Waals surface area contributed by atoms with Crippen LogP contribution in [0, 0.1) is 5.95 Å². The van der Waals surface area contributed by atoms with Gasteiger partial charge >= 0.3 is 5.69 Å². The van der Waals surface area contributed by atoms with Crippen LogP contribution in [0.2, 0.25) is 0 Å². The zero-order chi connectivity index (χ0) is 26.9. The van der Waals surface area contributed by atoms with Crippen molar-refractivity contribution in [2.45, 2.75) is 56.3 Å². The van der Waals surface area contributed by atoms with Crippen LogP contribution < -0.4 is 11.0 Å². The highest BCUT2D eigenvalue weighted by molar-refractivity contribution is 5.94. The molecule has 2 fully saturated rings. The summed E-state index contributed by atoms with van der Waals surface area (Å²) in [7, 11) is 0. The van der Waals surface area contributed by atoms with E-state index in [-0.39, 0.29) is 35.4 Å². The Hall–Kier alpha value is -3.82. The third kappa shape index (κ3) is 5.24. The van der Waals surface area contributed by atoms with E-state index in [1.807, 2.05) is 59.5 Å². The highest BCUT2D eigenvalue weighted by Gasteiger charge is 2.30. The van der Waals surface area contributed by atoms with E-state index in [0.717, 1.165) is 30.4 Å².